The van der Waals surface area contributed by atoms with Gasteiger partial charge in [0.1, 0.15) is 11.3 Å². The van der Waals surface area contributed by atoms with Crippen LogP contribution in [0.3, 0.4) is 0 Å². The molecule has 1 aromatic heterocycles. The summed E-state index contributed by atoms with van der Waals surface area (Å²) in [6.45, 7) is 6.08. The second-order valence-corrected chi connectivity index (χ2v) is 9.03. The maximum Gasteiger partial charge on any atom is 0.417 e. The standard InChI is InChI=1S/C26H33F3N2O5/c1-4-9-16-13-19-20(26(27,28)29)14-22(33)36-24(19)18(10-5-2)23(16)35-12-8-7-11-17(6-3)31-21(32)15-30-25(31)34/h13-14,17H,4-12,15H2,1-3H3,(H,30,34). The van der Waals surface area contributed by atoms with Gasteiger partial charge in [-0.2, -0.15) is 13.2 Å². The number of fused-ring (bicyclic) bond motifs is 1. The predicted octanol–water partition coefficient (Wildman–Crippen LogP) is 5.60. The lowest BCUT2D eigenvalue weighted by atomic mass is 9.96. The highest BCUT2D eigenvalue weighted by atomic mass is 19.4. The van der Waals surface area contributed by atoms with E-state index in [1.165, 1.54) is 11.0 Å². The zero-order chi connectivity index (χ0) is 26.5. The molecule has 36 heavy (non-hydrogen) atoms. The molecule has 0 aliphatic carbocycles. The van der Waals surface area contributed by atoms with Gasteiger partial charge in [0.25, 0.3) is 0 Å². The van der Waals surface area contributed by atoms with Gasteiger partial charge in [-0.25, -0.2) is 9.59 Å². The molecule has 1 aliphatic heterocycles. The van der Waals surface area contributed by atoms with Crippen LogP contribution in [0.1, 0.15) is 76.0 Å². The van der Waals surface area contributed by atoms with Crippen LogP contribution in [-0.2, 0) is 23.8 Å². The molecule has 0 saturated carbocycles. The molecule has 1 aliphatic rings. The third kappa shape index (κ3) is 6.02. The smallest absolute Gasteiger partial charge is 0.417 e. The number of aryl methyl sites for hydroxylation is 2. The van der Waals surface area contributed by atoms with Gasteiger partial charge in [-0.05, 0) is 50.2 Å². The third-order valence-electron chi connectivity index (χ3n) is 6.38. The molecule has 1 N–H and O–H groups in total. The monoisotopic (exact) mass is 510 g/mol. The fourth-order valence-electron chi connectivity index (χ4n) is 4.73. The number of carbonyl (C=O) groups excluding carboxylic acids is 2. The van der Waals surface area contributed by atoms with Crippen molar-refractivity contribution in [1.82, 2.24) is 10.2 Å². The van der Waals surface area contributed by atoms with E-state index < -0.39 is 17.4 Å². The Kier molecular flexibility index (Phi) is 9.03. The highest BCUT2D eigenvalue weighted by Crippen LogP contribution is 2.40. The number of unbranched alkanes of at least 4 members (excludes halogenated alkanes) is 1. The molecule has 1 fully saturated rings. The number of hydrogen-bond acceptors (Lipinski definition) is 5. The van der Waals surface area contributed by atoms with E-state index in [-0.39, 0.29) is 35.5 Å². The molecule has 2 aromatic rings. The van der Waals surface area contributed by atoms with Crippen molar-refractivity contribution in [2.45, 2.75) is 84.4 Å². The Bertz CT molecular complexity index is 1140. The van der Waals surface area contributed by atoms with E-state index in [1.807, 2.05) is 20.8 Å². The number of benzene rings is 1. The lowest BCUT2D eigenvalue weighted by Gasteiger charge is -2.24. The molecule has 1 unspecified atom stereocenters. The summed E-state index contributed by atoms with van der Waals surface area (Å²) in [6, 6.07) is 1.38. The van der Waals surface area contributed by atoms with Gasteiger partial charge in [-0.1, -0.05) is 33.6 Å². The lowest BCUT2D eigenvalue weighted by molar-refractivity contribution is -0.136. The lowest BCUT2D eigenvalue weighted by Crippen LogP contribution is -2.40. The molecular formula is C26H33F3N2O5. The van der Waals surface area contributed by atoms with E-state index in [0.29, 0.717) is 80.9 Å². The molecule has 2 heterocycles. The van der Waals surface area contributed by atoms with Crippen LogP contribution in [0.2, 0.25) is 0 Å². The number of nitrogens with zero attached hydrogens (tertiary/aromatic N) is 1. The van der Waals surface area contributed by atoms with Crippen molar-refractivity contribution < 1.29 is 31.9 Å². The molecule has 3 rings (SSSR count). The first-order chi connectivity index (χ1) is 17.1. The fourth-order valence-corrected chi connectivity index (χ4v) is 4.73. The van der Waals surface area contributed by atoms with Crippen molar-refractivity contribution in [2.75, 3.05) is 13.2 Å². The SMILES string of the molecule is CCCc1cc2c(C(F)(F)F)cc(=O)oc2c(CCC)c1OCCCCC(CC)N1C(=O)CNC1=O. The van der Waals surface area contributed by atoms with Gasteiger partial charge in [-0.15, -0.1) is 0 Å². The van der Waals surface area contributed by atoms with E-state index in [1.54, 1.807) is 0 Å². The van der Waals surface area contributed by atoms with Crippen molar-refractivity contribution in [3.05, 3.63) is 39.2 Å². The summed E-state index contributed by atoms with van der Waals surface area (Å²) in [4.78, 5) is 37.2. The Morgan fingerprint density at radius 3 is 2.39 bits per heavy atom. The van der Waals surface area contributed by atoms with Gasteiger partial charge < -0.3 is 14.5 Å². The second kappa shape index (κ2) is 11.8. The Labute approximate surface area is 208 Å². The zero-order valence-corrected chi connectivity index (χ0v) is 20.9. The Morgan fingerprint density at radius 2 is 1.81 bits per heavy atom. The van der Waals surface area contributed by atoms with E-state index in [0.717, 1.165) is 0 Å². The number of imide groups is 1. The number of carbonyl (C=O) groups is 2. The van der Waals surface area contributed by atoms with Crippen LogP contribution >= 0.6 is 0 Å². The van der Waals surface area contributed by atoms with Gasteiger partial charge in [0.2, 0.25) is 5.91 Å². The third-order valence-corrected chi connectivity index (χ3v) is 6.38. The molecule has 7 nitrogen and oxygen atoms in total. The van der Waals surface area contributed by atoms with Gasteiger partial charge in [-0.3, -0.25) is 9.69 Å². The summed E-state index contributed by atoms with van der Waals surface area (Å²) < 4.78 is 52.6. The topological polar surface area (TPSA) is 88.8 Å². The number of alkyl halides is 3. The van der Waals surface area contributed by atoms with Crippen LogP contribution in [0.5, 0.6) is 5.75 Å². The number of rotatable bonds is 12. The van der Waals surface area contributed by atoms with Gasteiger partial charge in [0.15, 0.2) is 0 Å². The average molecular weight is 511 g/mol. The molecule has 0 radical (unpaired) electrons. The number of halogens is 3. The first-order valence-corrected chi connectivity index (χ1v) is 12.5. The highest BCUT2D eigenvalue weighted by molar-refractivity contribution is 6.02. The van der Waals surface area contributed by atoms with Crippen LogP contribution in [0.4, 0.5) is 18.0 Å². The summed E-state index contributed by atoms with van der Waals surface area (Å²) in [5.41, 5.74) is -0.990. The highest BCUT2D eigenvalue weighted by Gasteiger charge is 2.35. The van der Waals surface area contributed by atoms with E-state index in [9.17, 15) is 27.6 Å². The average Bonchev–Trinajstić information content (AvgIpc) is 3.15. The quantitative estimate of drug-likeness (QED) is 0.228. The van der Waals surface area contributed by atoms with Gasteiger partial charge in [0, 0.05) is 23.1 Å². The minimum absolute atomic E-state index is 0.0208. The molecule has 1 atom stereocenters. The molecule has 0 spiro atoms. The Morgan fingerprint density at radius 1 is 1.08 bits per heavy atom. The summed E-state index contributed by atoms with van der Waals surface area (Å²) >= 11 is 0. The number of urea groups is 1. The number of amides is 3. The molecule has 3 amide bonds. The number of nitrogens with one attached hydrogen (secondary N) is 1. The molecule has 1 aromatic carbocycles. The largest absolute Gasteiger partial charge is 0.493 e. The first kappa shape index (κ1) is 27.5. The molecule has 198 valence electrons. The molecule has 0 bridgehead atoms. The van der Waals surface area contributed by atoms with Crippen molar-refractivity contribution >= 4 is 22.9 Å². The van der Waals surface area contributed by atoms with Crippen LogP contribution in [0.25, 0.3) is 11.0 Å². The molecular weight excluding hydrogens is 477 g/mol. The van der Waals surface area contributed by atoms with Crippen LogP contribution < -0.4 is 15.7 Å². The maximum absolute atomic E-state index is 13.7. The summed E-state index contributed by atoms with van der Waals surface area (Å²) in [5, 5.41) is 2.41. The first-order valence-electron chi connectivity index (χ1n) is 12.5. The minimum Gasteiger partial charge on any atom is -0.493 e. The van der Waals surface area contributed by atoms with Crippen molar-refractivity contribution in [1.29, 1.82) is 0 Å². The number of hydrogen-bond donors (Lipinski definition) is 1. The second-order valence-electron chi connectivity index (χ2n) is 9.03. The van der Waals surface area contributed by atoms with E-state index in [2.05, 4.69) is 5.32 Å². The maximum atomic E-state index is 13.7. The summed E-state index contributed by atoms with van der Waals surface area (Å²) in [7, 11) is 0. The van der Waals surface area contributed by atoms with Crippen LogP contribution in [0, 0.1) is 0 Å². The van der Waals surface area contributed by atoms with Gasteiger partial charge >= 0.3 is 17.8 Å². The predicted molar refractivity (Wildman–Crippen MR) is 129 cm³/mol. The normalized spacial score (nSPS) is 15.0. The van der Waals surface area contributed by atoms with E-state index in [4.69, 9.17) is 9.15 Å². The minimum atomic E-state index is -4.69. The molecule has 10 heteroatoms. The van der Waals surface area contributed by atoms with E-state index >= 15 is 0 Å². The fraction of sp³-hybridized carbons (Fsp3) is 0.577. The number of ether oxygens (including phenoxy) is 1. The molecule has 1 saturated heterocycles. The Hall–Kier alpha value is -3.04. The van der Waals surface area contributed by atoms with Crippen molar-refractivity contribution in [2.24, 2.45) is 0 Å². The van der Waals surface area contributed by atoms with Crippen molar-refractivity contribution in [3.63, 3.8) is 0 Å². The van der Waals surface area contributed by atoms with Crippen LogP contribution in [0.15, 0.2) is 21.3 Å². The Balaban J connectivity index is 1.83. The van der Waals surface area contributed by atoms with Gasteiger partial charge in [0.05, 0.1) is 18.7 Å². The summed E-state index contributed by atoms with van der Waals surface area (Å²) in [5.74, 6) is 0.252. The van der Waals surface area contributed by atoms with Crippen LogP contribution in [-0.4, -0.2) is 36.0 Å². The summed E-state index contributed by atoms with van der Waals surface area (Å²) in [6.07, 6.45) is 0.162. The zero-order valence-electron chi connectivity index (χ0n) is 20.9. The van der Waals surface area contributed by atoms with Crippen molar-refractivity contribution in [3.8, 4) is 5.75 Å².